The van der Waals surface area contributed by atoms with Crippen molar-refractivity contribution in [3.63, 3.8) is 0 Å². The van der Waals surface area contributed by atoms with Crippen molar-refractivity contribution >= 4 is 11.6 Å². The quantitative estimate of drug-likeness (QED) is 0.866. The summed E-state index contributed by atoms with van der Waals surface area (Å²) in [6.07, 6.45) is 3.07. The molecule has 0 spiro atoms. The van der Waals surface area contributed by atoms with E-state index in [1.54, 1.807) is 0 Å². The Hall–Kier alpha value is -1.39. The molecule has 3 N–H and O–H groups in total. The summed E-state index contributed by atoms with van der Waals surface area (Å²) in [5.41, 5.74) is 7.47. The third-order valence-electron chi connectivity index (χ3n) is 4.00. The molecule has 1 fully saturated rings. The Balaban J connectivity index is 1.72. The molecule has 0 aromatic heterocycles. The molecule has 1 saturated heterocycles. The minimum atomic E-state index is 0.0871. The standard InChI is InChI=1S/C16H25N3O/c1-13-6-9-19(10-7-13)11-8-16(20)18-15-4-2-14(12-17)3-5-15/h2-5,13H,6-12,17H2,1H3,(H,18,20). The first-order valence-corrected chi connectivity index (χ1v) is 7.48. The number of piperidine rings is 1. The summed E-state index contributed by atoms with van der Waals surface area (Å²) >= 11 is 0. The number of anilines is 1. The highest BCUT2D eigenvalue weighted by Gasteiger charge is 2.16. The predicted molar refractivity (Wildman–Crippen MR) is 82.4 cm³/mol. The van der Waals surface area contributed by atoms with E-state index in [0.717, 1.165) is 36.8 Å². The Morgan fingerprint density at radius 3 is 2.55 bits per heavy atom. The Bertz CT molecular complexity index is 422. The van der Waals surface area contributed by atoms with Gasteiger partial charge in [0.1, 0.15) is 0 Å². The fourth-order valence-electron chi connectivity index (χ4n) is 2.49. The highest BCUT2D eigenvalue weighted by molar-refractivity contribution is 5.90. The van der Waals surface area contributed by atoms with Crippen LogP contribution >= 0.6 is 0 Å². The van der Waals surface area contributed by atoms with E-state index >= 15 is 0 Å². The van der Waals surface area contributed by atoms with Gasteiger partial charge in [0.2, 0.25) is 5.91 Å². The van der Waals surface area contributed by atoms with Crippen LogP contribution in [0.1, 0.15) is 31.7 Å². The second kappa shape index (κ2) is 7.41. The van der Waals surface area contributed by atoms with Gasteiger partial charge in [-0.05, 0) is 49.5 Å². The van der Waals surface area contributed by atoms with Gasteiger partial charge in [-0.3, -0.25) is 4.79 Å². The van der Waals surface area contributed by atoms with Gasteiger partial charge in [0.15, 0.2) is 0 Å². The van der Waals surface area contributed by atoms with Crippen LogP contribution in [0.5, 0.6) is 0 Å². The number of carbonyl (C=O) groups excluding carboxylic acids is 1. The summed E-state index contributed by atoms with van der Waals surface area (Å²) in [5.74, 6) is 0.922. The fourth-order valence-corrected chi connectivity index (χ4v) is 2.49. The van der Waals surface area contributed by atoms with E-state index in [9.17, 15) is 4.79 Å². The Kier molecular flexibility index (Phi) is 5.56. The van der Waals surface area contributed by atoms with Crippen molar-refractivity contribution in [3.05, 3.63) is 29.8 Å². The first-order valence-electron chi connectivity index (χ1n) is 7.48. The normalized spacial score (nSPS) is 17.1. The van der Waals surface area contributed by atoms with Crippen molar-refractivity contribution in [2.24, 2.45) is 11.7 Å². The van der Waals surface area contributed by atoms with Crippen LogP contribution in [0.4, 0.5) is 5.69 Å². The zero-order valence-electron chi connectivity index (χ0n) is 12.3. The van der Waals surface area contributed by atoms with Crippen LogP contribution < -0.4 is 11.1 Å². The summed E-state index contributed by atoms with van der Waals surface area (Å²) < 4.78 is 0. The fraction of sp³-hybridized carbons (Fsp3) is 0.562. The lowest BCUT2D eigenvalue weighted by atomic mass is 9.99. The molecule has 1 heterocycles. The maximum Gasteiger partial charge on any atom is 0.225 e. The molecule has 1 aliphatic heterocycles. The van der Waals surface area contributed by atoms with Gasteiger partial charge in [0, 0.05) is 25.2 Å². The van der Waals surface area contributed by atoms with Gasteiger partial charge >= 0.3 is 0 Å². The molecule has 4 nitrogen and oxygen atoms in total. The maximum absolute atomic E-state index is 11.9. The lowest BCUT2D eigenvalue weighted by Gasteiger charge is -2.29. The number of rotatable bonds is 5. The SMILES string of the molecule is CC1CCN(CCC(=O)Nc2ccc(CN)cc2)CC1. The van der Waals surface area contributed by atoms with E-state index in [0.29, 0.717) is 13.0 Å². The molecule has 1 aromatic rings. The number of likely N-dealkylation sites (tertiary alicyclic amines) is 1. The highest BCUT2D eigenvalue weighted by Crippen LogP contribution is 2.16. The minimum Gasteiger partial charge on any atom is -0.326 e. The lowest BCUT2D eigenvalue weighted by Crippen LogP contribution is -2.35. The minimum absolute atomic E-state index is 0.0871. The van der Waals surface area contributed by atoms with E-state index in [-0.39, 0.29) is 5.91 Å². The summed E-state index contributed by atoms with van der Waals surface area (Å²) in [5, 5.41) is 2.94. The molecule has 20 heavy (non-hydrogen) atoms. The van der Waals surface area contributed by atoms with Crippen LogP contribution in [-0.2, 0) is 11.3 Å². The van der Waals surface area contributed by atoms with E-state index < -0.39 is 0 Å². The van der Waals surface area contributed by atoms with Crippen molar-refractivity contribution in [2.75, 3.05) is 25.0 Å². The van der Waals surface area contributed by atoms with Crippen molar-refractivity contribution in [1.29, 1.82) is 0 Å². The van der Waals surface area contributed by atoms with Crippen LogP contribution in [0.2, 0.25) is 0 Å². The van der Waals surface area contributed by atoms with Crippen LogP contribution in [0.3, 0.4) is 0 Å². The van der Waals surface area contributed by atoms with Gasteiger partial charge in [-0.2, -0.15) is 0 Å². The number of nitrogens with one attached hydrogen (secondary N) is 1. The van der Waals surface area contributed by atoms with Gasteiger partial charge in [0.05, 0.1) is 0 Å². The topological polar surface area (TPSA) is 58.4 Å². The molecular weight excluding hydrogens is 250 g/mol. The number of benzene rings is 1. The molecule has 0 aliphatic carbocycles. The number of amides is 1. The Morgan fingerprint density at radius 1 is 1.30 bits per heavy atom. The van der Waals surface area contributed by atoms with Crippen molar-refractivity contribution in [2.45, 2.75) is 32.7 Å². The zero-order valence-corrected chi connectivity index (χ0v) is 12.3. The molecular formula is C16H25N3O. The monoisotopic (exact) mass is 275 g/mol. The highest BCUT2D eigenvalue weighted by atomic mass is 16.1. The van der Waals surface area contributed by atoms with E-state index in [2.05, 4.69) is 17.1 Å². The molecule has 1 amide bonds. The van der Waals surface area contributed by atoms with Gasteiger partial charge in [0.25, 0.3) is 0 Å². The molecule has 1 aromatic carbocycles. The third kappa shape index (κ3) is 4.62. The van der Waals surface area contributed by atoms with E-state index in [4.69, 9.17) is 5.73 Å². The van der Waals surface area contributed by atoms with Crippen molar-refractivity contribution < 1.29 is 4.79 Å². The predicted octanol–water partition coefficient (Wildman–Crippen LogP) is 2.21. The second-order valence-electron chi connectivity index (χ2n) is 5.72. The van der Waals surface area contributed by atoms with Gasteiger partial charge in [-0.1, -0.05) is 19.1 Å². The number of nitrogens with zero attached hydrogens (tertiary/aromatic N) is 1. The molecule has 0 saturated carbocycles. The summed E-state index contributed by atoms with van der Waals surface area (Å²) in [4.78, 5) is 14.3. The lowest BCUT2D eigenvalue weighted by molar-refractivity contribution is -0.116. The van der Waals surface area contributed by atoms with Gasteiger partial charge in [-0.15, -0.1) is 0 Å². The molecule has 0 unspecified atom stereocenters. The Labute approximate surface area is 121 Å². The molecule has 4 heteroatoms. The molecule has 0 radical (unpaired) electrons. The number of hydrogen-bond acceptors (Lipinski definition) is 3. The zero-order chi connectivity index (χ0) is 14.4. The summed E-state index contributed by atoms with van der Waals surface area (Å²) in [6.45, 7) is 5.94. The van der Waals surface area contributed by atoms with Crippen LogP contribution in [0, 0.1) is 5.92 Å². The molecule has 0 bridgehead atoms. The van der Waals surface area contributed by atoms with Crippen molar-refractivity contribution in [1.82, 2.24) is 4.90 Å². The number of hydrogen-bond donors (Lipinski definition) is 2. The first kappa shape index (κ1) is 15.0. The number of carbonyl (C=O) groups is 1. The van der Waals surface area contributed by atoms with Crippen molar-refractivity contribution in [3.8, 4) is 0 Å². The summed E-state index contributed by atoms with van der Waals surface area (Å²) in [7, 11) is 0. The van der Waals surface area contributed by atoms with E-state index in [1.807, 2.05) is 24.3 Å². The van der Waals surface area contributed by atoms with Crippen LogP contribution in [0.25, 0.3) is 0 Å². The maximum atomic E-state index is 11.9. The molecule has 0 atom stereocenters. The van der Waals surface area contributed by atoms with Gasteiger partial charge in [-0.25, -0.2) is 0 Å². The molecule has 2 rings (SSSR count). The van der Waals surface area contributed by atoms with Crippen LogP contribution in [0.15, 0.2) is 24.3 Å². The second-order valence-corrected chi connectivity index (χ2v) is 5.72. The van der Waals surface area contributed by atoms with Gasteiger partial charge < -0.3 is 16.0 Å². The smallest absolute Gasteiger partial charge is 0.225 e. The number of nitrogens with two attached hydrogens (primary N) is 1. The van der Waals surface area contributed by atoms with E-state index in [1.165, 1.54) is 12.8 Å². The van der Waals surface area contributed by atoms with Crippen LogP contribution in [-0.4, -0.2) is 30.4 Å². The average molecular weight is 275 g/mol. The first-order chi connectivity index (χ1) is 9.67. The molecule has 110 valence electrons. The largest absolute Gasteiger partial charge is 0.326 e. The Morgan fingerprint density at radius 2 is 1.95 bits per heavy atom. The average Bonchev–Trinajstić information content (AvgIpc) is 2.47. The third-order valence-corrected chi connectivity index (χ3v) is 4.00. The summed E-state index contributed by atoms with van der Waals surface area (Å²) in [6, 6.07) is 7.70. The molecule has 1 aliphatic rings.